The molecule has 0 spiro atoms. The number of hydrogen-bond donors (Lipinski definition) is 1. The lowest BCUT2D eigenvalue weighted by Gasteiger charge is -2.40. The first-order valence-corrected chi connectivity index (χ1v) is 8.65. The van der Waals surface area contributed by atoms with Crippen LogP contribution in [0.2, 0.25) is 5.02 Å². The first kappa shape index (κ1) is 20.0. The highest BCUT2D eigenvalue weighted by Gasteiger charge is 2.34. The van der Waals surface area contributed by atoms with E-state index in [1.807, 2.05) is 0 Å². The van der Waals surface area contributed by atoms with Gasteiger partial charge in [0.15, 0.2) is 0 Å². The molecular formula is C17H16ClF3N4O3. The number of halogens is 4. The summed E-state index contributed by atoms with van der Waals surface area (Å²) >= 11 is 6.00. The monoisotopic (exact) mass is 416 g/mol. The number of benzene rings is 1. The zero-order valence-electron chi connectivity index (χ0n) is 14.7. The number of aromatic nitrogens is 2. The van der Waals surface area contributed by atoms with E-state index in [1.165, 1.54) is 29.3 Å². The SMILES string of the molecule is C[C@H]1CN(c2cn[nH]c(=O)c2Cl)CC(=O)N1Cc1ccccc1OC(F)(F)F. The molecule has 1 amide bonds. The van der Waals surface area contributed by atoms with E-state index in [4.69, 9.17) is 11.6 Å². The zero-order valence-corrected chi connectivity index (χ0v) is 15.4. The van der Waals surface area contributed by atoms with E-state index in [-0.39, 0.29) is 41.4 Å². The van der Waals surface area contributed by atoms with E-state index >= 15 is 0 Å². The number of carbonyl (C=O) groups is 1. The Bertz CT molecular complexity index is 934. The fourth-order valence-corrected chi connectivity index (χ4v) is 3.26. The lowest BCUT2D eigenvalue weighted by Crippen LogP contribution is -2.55. The van der Waals surface area contributed by atoms with Crippen LogP contribution in [0.5, 0.6) is 5.75 Å². The predicted molar refractivity (Wildman–Crippen MR) is 95.2 cm³/mol. The molecule has 1 N–H and O–H groups in total. The largest absolute Gasteiger partial charge is 0.573 e. The van der Waals surface area contributed by atoms with Gasteiger partial charge in [0.25, 0.3) is 5.56 Å². The Balaban J connectivity index is 1.79. The van der Waals surface area contributed by atoms with Gasteiger partial charge in [0.1, 0.15) is 10.8 Å². The Morgan fingerprint density at radius 2 is 2.04 bits per heavy atom. The fraction of sp³-hybridized carbons (Fsp3) is 0.353. The Morgan fingerprint density at radius 1 is 1.32 bits per heavy atom. The molecule has 0 radical (unpaired) electrons. The van der Waals surface area contributed by atoms with Crippen molar-refractivity contribution in [3.8, 4) is 5.75 Å². The van der Waals surface area contributed by atoms with Gasteiger partial charge in [0, 0.05) is 24.7 Å². The molecule has 0 bridgehead atoms. The van der Waals surface area contributed by atoms with E-state index in [0.29, 0.717) is 12.2 Å². The van der Waals surface area contributed by atoms with Crippen LogP contribution in [0.1, 0.15) is 12.5 Å². The van der Waals surface area contributed by atoms with Crippen LogP contribution in [0.25, 0.3) is 0 Å². The van der Waals surface area contributed by atoms with Crippen LogP contribution in [0, 0.1) is 0 Å². The summed E-state index contributed by atoms with van der Waals surface area (Å²) in [5.41, 5.74) is -0.00433. The van der Waals surface area contributed by atoms with Crippen LogP contribution in [0.4, 0.5) is 18.9 Å². The van der Waals surface area contributed by atoms with Crippen LogP contribution in [0.15, 0.2) is 35.3 Å². The van der Waals surface area contributed by atoms with Gasteiger partial charge in [0.2, 0.25) is 5.91 Å². The first-order valence-electron chi connectivity index (χ1n) is 8.27. The van der Waals surface area contributed by atoms with E-state index in [1.54, 1.807) is 17.9 Å². The highest BCUT2D eigenvalue weighted by molar-refractivity contribution is 6.33. The normalized spacial score (nSPS) is 17.8. The number of amides is 1. The van der Waals surface area contributed by atoms with Crippen LogP contribution in [0.3, 0.4) is 0 Å². The second kappa shape index (κ2) is 7.70. The molecule has 1 aliphatic rings. The smallest absolute Gasteiger partial charge is 0.405 e. The molecule has 1 aromatic carbocycles. The second-order valence-electron chi connectivity index (χ2n) is 6.31. The summed E-state index contributed by atoms with van der Waals surface area (Å²) in [4.78, 5) is 27.4. The molecule has 1 aliphatic heterocycles. The van der Waals surface area contributed by atoms with Gasteiger partial charge < -0.3 is 14.5 Å². The lowest BCUT2D eigenvalue weighted by molar-refractivity contribution is -0.275. The average Bonchev–Trinajstić information content (AvgIpc) is 2.60. The molecule has 7 nitrogen and oxygen atoms in total. The molecule has 150 valence electrons. The summed E-state index contributed by atoms with van der Waals surface area (Å²) in [5.74, 6) is -0.670. The van der Waals surface area contributed by atoms with Crippen molar-refractivity contribution in [3.05, 3.63) is 51.4 Å². The average molecular weight is 417 g/mol. The summed E-state index contributed by atoms with van der Waals surface area (Å²) in [6, 6.07) is 5.33. The zero-order chi connectivity index (χ0) is 20.5. The molecule has 1 saturated heterocycles. The minimum atomic E-state index is -4.82. The van der Waals surface area contributed by atoms with Crippen molar-refractivity contribution >= 4 is 23.2 Å². The van der Waals surface area contributed by atoms with Crippen molar-refractivity contribution in [3.63, 3.8) is 0 Å². The van der Waals surface area contributed by atoms with Gasteiger partial charge in [-0.3, -0.25) is 9.59 Å². The number of alkyl halides is 3. The number of para-hydroxylation sites is 1. The van der Waals surface area contributed by atoms with Crippen molar-refractivity contribution in [1.29, 1.82) is 0 Å². The van der Waals surface area contributed by atoms with Crippen LogP contribution < -0.4 is 15.2 Å². The minimum absolute atomic E-state index is 0.0402. The quantitative estimate of drug-likeness (QED) is 0.828. The van der Waals surface area contributed by atoms with E-state index in [9.17, 15) is 22.8 Å². The third kappa shape index (κ3) is 4.38. The van der Waals surface area contributed by atoms with Gasteiger partial charge in [-0.2, -0.15) is 5.10 Å². The van der Waals surface area contributed by atoms with E-state index in [2.05, 4.69) is 14.9 Å². The number of aromatic amines is 1. The van der Waals surface area contributed by atoms with Crippen LogP contribution in [-0.4, -0.2) is 46.5 Å². The number of ether oxygens (including phenoxy) is 1. The van der Waals surface area contributed by atoms with Crippen LogP contribution in [-0.2, 0) is 11.3 Å². The van der Waals surface area contributed by atoms with Gasteiger partial charge in [-0.1, -0.05) is 29.8 Å². The third-order valence-corrected chi connectivity index (χ3v) is 4.69. The highest BCUT2D eigenvalue weighted by atomic mass is 35.5. The van der Waals surface area contributed by atoms with Gasteiger partial charge in [-0.05, 0) is 13.0 Å². The summed E-state index contributed by atoms with van der Waals surface area (Å²) in [6.07, 6.45) is -3.47. The topological polar surface area (TPSA) is 78.5 Å². The van der Waals surface area contributed by atoms with Crippen molar-refractivity contribution < 1.29 is 22.7 Å². The number of nitrogens with one attached hydrogen (secondary N) is 1. The molecule has 1 atom stereocenters. The number of piperazine rings is 1. The lowest BCUT2D eigenvalue weighted by atomic mass is 10.1. The van der Waals surface area contributed by atoms with Gasteiger partial charge in [0.05, 0.1) is 18.4 Å². The summed E-state index contributed by atoms with van der Waals surface area (Å²) in [5, 5.41) is 5.82. The molecule has 0 saturated carbocycles. The molecule has 11 heteroatoms. The minimum Gasteiger partial charge on any atom is -0.405 e. The van der Waals surface area contributed by atoms with Crippen LogP contribution >= 0.6 is 11.6 Å². The standard InChI is InChI=1S/C17H16ClF3N4O3/c1-10-7-24(12-6-22-23-16(27)15(12)18)9-14(26)25(10)8-11-4-2-3-5-13(11)28-17(19,20)21/h2-6,10H,7-9H2,1H3,(H,23,27)/t10-/m0/s1. The maximum absolute atomic E-state index is 12.7. The van der Waals surface area contributed by atoms with E-state index < -0.39 is 11.9 Å². The Labute approximate surface area is 162 Å². The van der Waals surface area contributed by atoms with Gasteiger partial charge >= 0.3 is 6.36 Å². The first-order chi connectivity index (χ1) is 13.2. The van der Waals surface area contributed by atoms with E-state index in [0.717, 1.165) is 0 Å². The maximum Gasteiger partial charge on any atom is 0.573 e. The number of anilines is 1. The Kier molecular flexibility index (Phi) is 5.50. The number of H-pyrrole nitrogens is 1. The molecule has 0 aliphatic carbocycles. The number of carbonyl (C=O) groups excluding carboxylic acids is 1. The second-order valence-corrected chi connectivity index (χ2v) is 6.68. The van der Waals surface area contributed by atoms with Crippen molar-refractivity contribution in [2.45, 2.75) is 25.9 Å². The third-order valence-electron chi connectivity index (χ3n) is 4.32. The molecule has 2 aromatic rings. The molecule has 28 heavy (non-hydrogen) atoms. The summed E-state index contributed by atoms with van der Waals surface area (Å²) in [7, 11) is 0. The number of nitrogens with zero attached hydrogens (tertiary/aromatic N) is 3. The Hall–Kier alpha value is -2.75. The predicted octanol–water partition coefficient (Wildman–Crippen LogP) is 2.56. The highest BCUT2D eigenvalue weighted by Crippen LogP contribution is 2.29. The maximum atomic E-state index is 12.7. The summed E-state index contributed by atoms with van der Waals surface area (Å²) < 4.78 is 41.9. The molecular weight excluding hydrogens is 401 g/mol. The number of rotatable bonds is 4. The molecule has 1 aromatic heterocycles. The number of hydrogen-bond acceptors (Lipinski definition) is 5. The molecule has 2 heterocycles. The van der Waals surface area contributed by atoms with Crippen molar-refractivity contribution in [1.82, 2.24) is 15.1 Å². The van der Waals surface area contributed by atoms with Gasteiger partial charge in [-0.25, -0.2) is 5.10 Å². The summed E-state index contributed by atoms with van der Waals surface area (Å²) in [6.45, 7) is 1.96. The fourth-order valence-electron chi connectivity index (χ4n) is 3.05. The molecule has 0 unspecified atom stereocenters. The molecule has 3 rings (SSSR count). The van der Waals surface area contributed by atoms with Gasteiger partial charge in [-0.15, -0.1) is 13.2 Å². The molecule has 1 fully saturated rings. The van der Waals surface area contributed by atoms with Crippen molar-refractivity contribution in [2.75, 3.05) is 18.0 Å². The Morgan fingerprint density at radius 3 is 2.71 bits per heavy atom. The van der Waals surface area contributed by atoms with Crippen molar-refractivity contribution in [2.24, 2.45) is 0 Å².